The monoisotopic (exact) mass is 423 g/mol. The zero-order valence-corrected chi connectivity index (χ0v) is 18.2. The van der Waals surface area contributed by atoms with Crippen molar-refractivity contribution in [1.29, 1.82) is 0 Å². The Morgan fingerprint density at radius 1 is 1.33 bits per heavy atom. The van der Waals surface area contributed by atoms with Crippen molar-refractivity contribution >= 4 is 34.3 Å². The Hall–Kier alpha value is -2.86. The number of carbonyl (C=O) groups is 2. The minimum absolute atomic E-state index is 0.277. The fourth-order valence-electron chi connectivity index (χ4n) is 3.83. The molecule has 1 aliphatic carbocycles. The van der Waals surface area contributed by atoms with Crippen LogP contribution in [0.5, 0.6) is 5.75 Å². The second kappa shape index (κ2) is 8.48. The van der Waals surface area contributed by atoms with Crippen molar-refractivity contribution in [2.75, 3.05) is 11.9 Å². The van der Waals surface area contributed by atoms with Crippen molar-refractivity contribution in [3.05, 3.63) is 63.2 Å². The molecule has 1 aromatic heterocycles. The first-order valence-corrected chi connectivity index (χ1v) is 11.1. The number of fused-ring (bicyclic) bond motifs is 2. The van der Waals surface area contributed by atoms with E-state index in [-0.39, 0.29) is 11.9 Å². The molecule has 0 bridgehead atoms. The van der Waals surface area contributed by atoms with Crippen LogP contribution in [0.15, 0.2) is 36.1 Å². The topological polar surface area (TPSA) is 64.6 Å². The second-order valence-electron chi connectivity index (χ2n) is 7.79. The average Bonchev–Trinajstić information content (AvgIpc) is 2.91. The fraction of sp³-hybridized carbons (Fsp3) is 0.333. The van der Waals surface area contributed by atoms with Crippen LogP contribution >= 0.6 is 11.3 Å². The van der Waals surface area contributed by atoms with Crippen LogP contribution in [-0.2, 0) is 22.4 Å². The summed E-state index contributed by atoms with van der Waals surface area (Å²) in [5, 5.41) is 3.54. The second-order valence-corrected chi connectivity index (χ2v) is 8.90. The van der Waals surface area contributed by atoms with Gasteiger partial charge < -0.3 is 14.8 Å². The molecule has 5 nitrogen and oxygen atoms in total. The Morgan fingerprint density at radius 2 is 2.17 bits per heavy atom. The highest BCUT2D eigenvalue weighted by Crippen LogP contribution is 2.40. The van der Waals surface area contributed by atoms with Gasteiger partial charge in [-0.25, -0.2) is 4.79 Å². The van der Waals surface area contributed by atoms with Gasteiger partial charge in [0.25, 0.3) is 5.91 Å². The van der Waals surface area contributed by atoms with E-state index in [2.05, 4.69) is 12.2 Å². The molecular weight excluding hydrogens is 398 g/mol. The van der Waals surface area contributed by atoms with Gasteiger partial charge in [0, 0.05) is 16.0 Å². The molecule has 2 aromatic rings. The highest BCUT2D eigenvalue weighted by molar-refractivity contribution is 7.17. The molecule has 156 valence electrons. The third-order valence-corrected chi connectivity index (χ3v) is 6.57. The van der Waals surface area contributed by atoms with Crippen molar-refractivity contribution in [2.24, 2.45) is 5.92 Å². The molecule has 1 N–H and O–H groups in total. The van der Waals surface area contributed by atoms with Crippen LogP contribution in [0.1, 0.15) is 52.2 Å². The number of amides is 1. The first-order valence-electron chi connectivity index (χ1n) is 10.2. The number of carbonyl (C=O) groups excluding carboxylic acids is 2. The lowest BCUT2D eigenvalue weighted by Gasteiger charge is -2.18. The van der Waals surface area contributed by atoms with Crippen LogP contribution in [0.4, 0.5) is 5.00 Å². The van der Waals surface area contributed by atoms with Gasteiger partial charge in [-0.3, -0.25) is 4.79 Å². The lowest BCUT2D eigenvalue weighted by Crippen LogP contribution is -2.17. The van der Waals surface area contributed by atoms with Gasteiger partial charge in [0.15, 0.2) is 0 Å². The minimum Gasteiger partial charge on any atom is -0.464 e. The average molecular weight is 424 g/mol. The van der Waals surface area contributed by atoms with E-state index in [0.29, 0.717) is 34.4 Å². The standard InChI is InChI=1S/C24H25NO4S/c1-4-28-24(27)21-18-8-6-15(3)12-20(18)30-23(21)25-22(26)17-9-10-29-19-11-14(2)5-7-16(19)13-17/h5,7,9-11,13,15H,4,6,8,12H2,1-3H3,(H,25,26). The maximum absolute atomic E-state index is 13.1. The normalized spacial score (nSPS) is 17.2. The van der Waals surface area contributed by atoms with Gasteiger partial charge in [0.1, 0.15) is 10.8 Å². The molecule has 1 amide bonds. The molecule has 1 aliphatic heterocycles. The van der Waals surface area contributed by atoms with Crippen LogP contribution in [0.2, 0.25) is 0 Å². The molecule has 4 rings (SSSR count). The summed E-state index contributed by atoms with van der Waals surface area (Å²) in [5.41, 5.74) is 3.93. The minimum atomic E-state index is -0.366. The van der Waals surface area contributed by atoms with Gasteiger partial charge in [0.2, 0.25) is 0 Å². The molecule has 0 spiro atoms. The van der Waals surface area contributed by atoms with E-state index in [9.17, 15) is 9.59 Å². The van der Waals surface area contributed by atoms with Crippen molar-refractivity contribution in [2.45, 2.75) is 40.0 Å². The van der Waals surface area contributed by atoms with E-state index in [1.54, 1.807) is 19.1 Å². The lowest BCUT2D eigenvalue weighted by molar-refractivity contribution is -0.112. The van der Waals surface area contributed by atoms with E-state index in [0.717, 1.165) is 36.0 Å². The van der Waals surface area contributed by atoms with Crippen LogP contribution in [0, 0.1) is 12.8 Å². The molecule has 30 heavy (non-hydrogen) atoms. The molecule has 0 radical (unpaired) electrons. The highest BCUT2D eigenvalue weighted by Gasteiger charge is 2.29. The largest absolute Gasteiger partial charge is 0.464 e. The number of hydrogen-bond donors (Lipinski definition) is 1. The van der Waals surface area contributed by atoms with E-state index < -0.39 is 0 Å². The molecule has 1 unspecified atom stereocenters. The van der Waals surface area contributed by atoms with E-state index >= 15 is 0 Å². The maximum Gasteiger partial charge on any atom is 0.341 e. The number of hydrogen-bond acceptors (Lipinski definition) is 5. The van der Waals surface area contributed by atoms with Gasteiger partial charge in [-0.05, 0) is 68.4 Å². The number of rotatable bonds is 4. The summed E-state index contributed by atoms with van der Waals surface area (Å²) in [4.78, 5) is 26.9. The molecule has 2 heterocycles. The maximum atomic E-state index is 13.1. The third-order valence-electron chi connectivity index (χ3n) is 5.40. The number of anilines is 1. The number of aryl methyl sites for hydroxylation is 1. The Morgan fingerprint density at radius 3 is 2.97 bits per heavy atom. The summed E-state index contributed by atoms with van der Waals surface area (Å²) in [7, 11) is 0. The summed E-state index contributed by atoms with van der Waals surface area (Å²) in [6.07, 6.45) is 7.75. The van der Waals surface area contributed by atoms with Crippen LogP contribution in [-0.4, -0.2) is 18.5 Å². The summed E-state index contributed by atoms with van der Waals surface area (Å²) in [6.45, 7) is 6.29. The van der Waals surface area contributed by atoms with E-state index in [1.807, 2.05) is 25.1 Å². The van der Waals surface area contributed by atoms with Crippen molar-refractivity contribution in [3.8, 4) is 5.75 Å². The predicted molar refractivity (Wildman–Crippen MR) is 119 cm³/mol. The summed E-state index contributed by atoms with van der Waals surface area (Å²) < 4.78 is 10.9. The molecule has 1 atom stereocenters. The lowest BCUT2D eigenvalue weighted by atomic mass is 9.88. The third kappa shape index (κ3) is 4.05. The van der Waals surface area contributed by atoms with Gasteiger partial charge in [-0.1, -0.05) is 19.1 Å². The molecule has 0 fully saturated rings. The summed E-state index contributed by atoms with van der Waals surface area (Å²) in [6, 6.07) is 5.84. The zero-order valence-electron chi connectivity index (χ0n) is 17.4. The smallest absolute Gasteiger partial charge is 0.341 e. The van der Waals surface area contributed by atoms with Gasteiger partial charge in [-0.15, -0.1) is 11.3 Å². The van der Waals surface area contributed by atoms with Gasteiger partial charge in [0.05, 0.1) is 18.4 Å². The number of benzene rings is 1. The Labute approximate surface area is 180 Å². The number of nitrogens with one attached hydrogen (secondary N) is 1. The first-order chi connectivity index (χ1) is 14.5. The number of ether oxygens (including phenoxy) is 2. The predicted octanol–water partition coefficient (Wildman–Crippen LogP) is 5.29. The van der Waals surface area contributed by atoms with Gasteiger partial charge in [-0.2, -0.15) is 0 Å². The molecule has 0 saturated heterocycles. The van der Waals surface area contributed by atoms with Crippen molar-refractivity contribution < 1.29 is 19.1 Å². The zero-order chi connectivity index (χ0) is 21.3. The van der Waals surface area contributed by atoms with Crippen LogP contribution < -0.4 is 10.1 Å². The Bertz CT molecular complexity index is 1060. The summed E-state index contributed by atoms with van der Waals surface area (Å²) in [5.74, 6) is 0.635. The molecule has 2 aliphatic rings. The Balaban J connectivity index is 1.66. The number of esters is 1. The Kier molecular flexibility index (Phi) is 5.77. The van der Waals surface area contributed by atoms with Crippen LogP contribution in [0.25, 0.3) is 6.08 Å². The highest BCUT2D eigenvalue weighted by atomic mass is 32.1. The molecular formula is C24H25NO4S. The first kappa shape index (κ1) is 20.4. The quantitative estimate of drug-likeness (QED) is 0.679. The molecule has 0 saturated carbocycles. The SMILES string of the molecule is CCOC(=O)c1c(NC(=O)C2=Cc3ccc(C)cc3OC=C2)sc2c1CCC(C)C2. The van der Waals surface area contributed by atoms with E-state index in [1.165, 1.54) is 22.5 Å². The fourth-order valence-corrected chi connectivity index (χ4v) is 5.23. The van der Waals surface area contributed by atoms with E-state index in [4.69, 9.17) is 9.47 Å². The molecule has 1 aromatic carbocycles. The van der Waals surface area contributed by atoms with Gasteiger partial charge >= 0.3 is 5.97 Å². The van der Waals surface area contributed by atoms with Crippen LogP contribution in [0.3, 0.4) is 0 Å². The van der Waals surface area contributed by atoms with Crippen molar-refractivity contribution in [3.63, 3.8) is 0 Å². The number of thiophene rings is 1. The molecule has 6 heteroatoms. The van der Waals surface area contributed by atoms with Crippen molar-refractivity contribution in [1.82, 2.24) is 0 Å². The summed E-state index contributed by atoms with van der Waals surface area (Å²) >= 11 is 1.49.